The van der Waals surface area contributed by atoms with Crippen LogP contribution >= 0.6 is 0 Å². The number of halogens is 3. The van der Waals surface area contributed by atoms with Gasteiger partial charge in [0.1, 0.15) is 6.54 Å². The van der Waals surface area contributed by atoms with Crippen LogP contribution in [0, 0.1) is 58.2 Å². The van der Waals surface area contributed by atoms with Gasteiger partial charge in [-0.3, -0.25) is 9.48 Å². The molecule has 1 aromatic heterocycles. The smallest absolute Gasteiger partial charge is 0.390 e. The summed E-state index contributed by atoms with van der Waals surface area (Å²) in [6, 6.07) is 0. The number of rotatable bonds is 3. The van der Waals surface area contributed by atoms with Crippen LogP contribution in [0.2, 0.25) is 0 Å². The maximum absolute atomic E-state index is 13.6. The number of hydrogen-bond acceptors (Lipinski definition) is 3. The van der Waals surface area contributed by atoms with Crippen molar-refractivity contribution < 1.29 is 23.1 Å². The van der Waals surface area contributed by atoms with Gasteiger partial charge in [-0.05, 0) is 105 Å². The number of aromatic nitrogens is 2. The van der Waals surface area contributed by atoms with Crippen molar-refractivity contribution in [3.8, 4) is 0 Å². The Bertz CT molecular complexity index is 1020. The lowest BCUT2D eigenvalue weighted by Crippen LogP contribution is -2.51. The van der Waals surface area contributed by atoms with Crippen molar-refractivity contribution >= 4 is 5.78 Å². The first kappa shape index (κ1) is 21.0. The number of aliphatic hydroxyl groups is 1. The molecule has 0 radical (unpaired) electrons. The minimum absolute atomic E-state index is 0.00173. The molecule has 7 fully saturated rings. The molecule has 2 bridgehead atoms. The van der Waals surface area contributed by atoms with E-state index in [0.717, 1.165) is 49.9 Å². The molecule has 7 aliphatic carbocycles. The summed E-state index contributed by atoms with van der Waals surface area (Å²) in [4.78, 5) is 13.6. The maximum atomic E-state index is 13.6. The van der Waals surface area contributed by atoms with Crippen LogP contribution in [0.5, 0.6) is 0 Å². The summed E-state index contributed by atoms with van der Waals surface area (Å²) in [6.45, 7) is 4.30. The van der Waals surface area contributed by atoms with Crippen molar-refractivity contribution in [2.75, 3.05) is 0 Å². The molecule has 1 heterocycles. The Morgan fingerprint density at radius 2 is 1.82 bits per heavy atom. The fourth-order valence-electron chi connectivity index (χ4n) is 10.6. The second kappa shape index (κ2) is 6.06. The van der Waals surface area contributed by atoms with Crippen molar-refractivity contribution in [1.82, 2.24) is 9.78 Å². The van der Waals surface area contributed by atoms with Gasteiger partial charge in [0, 0.05) is 11.6 Å². The lowest BCUT2D eigenvalue weighted by atomic mass is 9.49. The highest BCUT2D eigenvalue weighted by molar-refractivity contribution is 5.93. The van der Waals surface area contributed by atoms with E-state index in [9.17, 15) is 23.1 Å². The van der Waals surface area contributed by atoms with Crippen LogP contribution in [-0.2, 0) is 17.5 Å². The van der Waals surface area contributed by atoms with E-state index in [-0.39, 0.29) is 23.2 Å². The minimum Gasteiger partial charge on any atom is -0.390 e. The summed E-state index contributed by atoms with van der Waals surface area (Å²) in [5.41, 5.74) is -1.60. The Kier molecular flexibility index (Phi) is 3.85. The third kappa shape index (κ3) is 2.48. The first-order valence-corrected chi connectivity index (χ1v) is 12.8. The zero-order valence-corrected chi connectivity index (χ0v) is 19.3. The van der Waals surface area contributed by atoms with Crippen molar-refractivity contribution in [3.05, 3.63) is 18.0 Å². The molecule has 7 saturated carbocycles. The predicted molar refractivity (Wildman–Crippen MR) is 114 cm³/mol. The molecule has 0 aromatic carbocycles. The van der Waals surface area contributed by atoms with Crippen LogP contribution in [0.3, 0.4) is 0 Å². The SMILES string of the molecule is C[C@@]1(O)CC[C@H]2[C@H](CC[C@@H]3[C@@H]2CC[C@@]2(C)[C@H]3[C@@H]3C4[C@@H]3[C@]42C(=O)Cn2cc(C(F)(F)F)cn2)C1. The van der Waals surface area contributed by atoms with Crippen molar-refractivity contribution in [2.24, 2.45) is 58.2 Å². The van der Waals surface area contributed by atoms with Gasteiger partial charge in [-0.15, -0.1) is 0 Å². The Morgan fingerprint density at radius 3 is 2.52 bits per heavy atom. The Morgan fingerprint density at radius 1 is 1.09 bits per heavy atom. The molecule has 7 aliphatic rings. The number of hydrogen-bond donors (Lipinski definition) is 1. The number of fused-ring (bicyclic) bond motifs is 3. The Balaban J connectivity index is 1.12. The first-order valence-electron chi connectivity index (χ1n) is 12.8. The predicted octanol–water partition coefficient (Wildman–Crippen LogP) is 4.96. The molecule has 0 aliphatic heterocycles. The standard InChI is InChI=1S/C26H33F3N2O2/c1-23(33)7-5-15-13(9-23)3-4-17-16(15)6-8-24(2)20(17)19-21-22(19)25(21,24)18(32)12-31-11-14(10-30-31)26(27,28)29/h10-11,13,15-17,19-22,33H,3-9,12H2,1-2H3/t13-,15+,16-,17-,19-,20-,21?,22-,23-,24+,25+/m1/s1. The summed E-state index contributed by atoms with van der Waals surface area (Å²) >= 11 is 0. The van der Waals surface area contributed by atoms with Gasteiger partial charge in [-0.25, -0.2) is 0 Å². The van der Waals surface area contributed by atoms with Crippen LogP contribution in [0.1, 0.15) is 64.4 Å². The number of carbonyl (C=O) groups is 1. The third-order valence-electron chi connectivity index (χ3n) is 11.6. The second-order valence-corrected chi connectivity index (χ2v) is 12.9. The van der Waals surface area contributed by atoms with Crippen molar-refractivity contribution in [1.29, 1.82) is 0 Å². The monoisotopic (exact) mass is 462 g/mol. The number of ketones is 1. The molecular weight excluding hydrogens is 429 g/mol. The van der Waals surface area contributed by atoms with E-state index in [1.165, 1.54) is 23.9 Å². The van der Waals surface area contributed by atoms with Crippen LogP contribution in [0.4, 0.5) is 13.2 Å². The topological polar surface area (TPSA) is 55.1 Å². The molecule has 180 valence electrons. The Labute approximate surface area is 192 Å². The highest BCUT2D eigenvalue weighted by atomic mass is 19.4. The van der Waals surface area contributed by atoms with Gasteiger partial charge < -0.3 is 5.11 Å². The number of carbonyl (C=O) groups excluding carboxylic acids is 1. The fourth-order valence-corrected chi connectivity index (χ4v) is 10.6. The average molecular weight is 463 g/mol. The number of nitrogens with zero attached hydrogens (tertiary/aromatic N) is 2. The average Bonchev–Trinajstić information content (AvgIpc) is 3.48. The summed E-state index contributed by atoms with van der Waals surface area (Å²) in [7, 11) is 0. The van der Waals surface area contributed by atoms with E-state index in [1.807, 2.05) is 6.92 Å². The van der Waals surface area contributed by atoms with Crippen LogP contribution < -0.4 is 0 Å². The molecule has 1 N–H and O–H groups in total. The van der Waals surface area contributed by atoms with Gasteiger partial charge in [-0.2, -0.15) is 18.3 Å². The molecule has 1 unspecified atom stereocenters. The number of alkyl halides is 3. The summed E-state index contributed by atoms with van der Waals surface area (Å²) in [6.07, 6.45) is 5.00. The van der Waals surface area contributed by atoms with E-state index in [0.29, 0.717) is 35.5 Å². The van der Waals surface area contributed by atoms with E-state index in [1.54, 1.807) is 0 Å². The van der Waals surface area contributed by atoms with Gasteiger partial charge in [0.05, 0.1) is 17.4 Å². The van der Waals surface area contributed by atoms with Gasteiger partial charge in [-0.1, -0.05) is 6.92 Å². The molecule has 0 amide bonds. The zero-order chi connectivity index (χ0) is 23.1. The first-order chi connectivity index (χ1) is 15.5. The zero-order valence-electron chi connectivity index (χ0n) is 19.3. The maximum Gasteiger partial charge on any atom is 0.419 e. The quantitative estimate of drug-likeness (QED) is 0.691. The molecule has 7 heteroatoms. The fraction of sp³-hybridized carbons (Fsp3) is 0.846. The lowest BCUT2D eigenvalue weighted by molar-refractivity contribution is -0.138. The molecule has 11 atom stereocenters. The number of Topliss-reactive ketones (excluding diaryl/α,β-unsaturated/α-hetero) is 1. The third-order valence-corrected chi connectivity index (χ3v) is 11.6. The van der Waals surface area contributed by atoms with Crippen LogP contribution in [0.15, 0.2) is 12.4 Å². The molecular formula is C26H33F3N2O2. The van der Waals surface area contributed by atoms with Crippen molar-refractivity contribution in [3.63, 3.8) is 0 Å². The van der Waals surface area contributed by atoms with Crippen LogP contribution in [0.25, 0.3) is 0 Å². The van der Waals surface area contributed by atoms with E-state index >= 15 is 0 Å². The highest BCUT2D eigenvalue weighted by Gasteiger charge is 2.99. The molecule has 4 nitrogen and oxygen atoms in total. The van der Waals surface area contributed by atoms with Gasteiger partial charge in [0.15, 0.2) is 5.78 Å². The molecule has 0 saturated heterocycles. The van der Waals surface area contributed by atoms with E-state index in [4.69, 9.17) is 0 Å². The molecule has 1 aromatic rings. The molecule has 33 heavy (non-hydrogen) atoms. The summed E-state index contributed by atoms with van der Waals surface area (Å²) in [5.74, 6) is 5.10. The van der Waals surface area contributed by atoms with Gasteiger partial charge in [0.2, 0.25) is 0 Å². The second-order valence-electron chi connectivity index (χ2n) is 12.9. The van der Waals surface area contributed by atoms with Crippen molar-refractivity contribution in [2.45, 2.75) is 77.1 Å². The lowest BCUT2D eigenvalue weighted by Gasteiger charge is -2.56. The minimum atomic E-state index is -4.43. The van der Waals surface area contributed by atoms with Crippen LogP contribution in [-0.4, -0.2) is 26.3 Å². The van der Waals surface area contributed by atoms with Gasteiger partial charge >= 0.3 is 6.18 Å². The van der Waals surface area contributed by atoms with E-state index < -0.39 is 17.3 Å². The Hall–Kier alpha value is -1.37. The van der Waals surface area contributed by atoms with Gasteiger partial charge in [0.25, 0.3) is 0 Å². The summed E-state index contributed by atoms with van der Waals surface area (Å²) in [5, 5.41) is 14.5. The highest BCUT2D eigenvalue weighted by Crippen LogP contribution is 2.99. The molecule has 0 spiro atoms. The van der Waals surface area contributed by atoms with E-state index in [2.05, 4.69) is 12.0 Å². The molecule has 8 rings (SSSR count). The normalized spacial score (nSPS) is 53.5. The largest absolute Gasteiger partial charge is 0.419 e. The summed E-state index contributed by atoms with van der Waals surface area (Å²) < 4.78 is 40.1.